The van der Waals surface area contributed by atoms with Crippen LogP contribution in [0.4, 0.5) is 0 Å². The van der Waals surface area contributed by atoms with Crippen molar-refractivity contribution in [1.29, 1.82) is 0 Å². The van der Waals surface area contributed by atoms with Gasteiger partial charge in [-0.05, 0) is 22.2 Å². The van der Waals surface area contributed by atoms with Gasteiger partial charge in [-0.15, -0.1) is 0 Å². The molecule has 0 spiro atoms. The summed E-state index contributed by atoms with van der Waals surface area (Å²) in [7, 11) is 0. The van der Waals surface area contributed by atoms with E-state index in [4.69, 9.17) is 23.2 Å². The Morgan fingerprint density at radius 3 is 1.96 bits per heavy atom. The van der Waals surface area contributed by atoms with Gasteiger partial charge in [-0.3, -0.25) is 0 Å². The van der Waals surface area contributed by atoms with Gasteiger partial charge in [-0.1, -0.05) is 77.8 Å². The Bertz CT molecular complexity index is 1100. The molecule has 0 aliphatic heterocycles. The van der Waals surface area contributed by atoms with Gasteiger partial charge in [0.25, 0.3) is 0 Å². The molecule has 0 aliphatic rings. The third-order valence-electron chi connectivity index (χ3n) is 4.23. The van der Waals surface area contributed by atoms with Crippen molar-refractivity contribution in [2.24, 2.45) is 0 Å². The molecule has 0 unspecified atom stereocenters. The summed E-state index contributed by atoms with van der Waals surface area (Å²) in [5.41, 5.74) is 1.02. The highest BCUT2D eigenvalue weighted by Gasteiger charge is 2.21. The predicted octanol–water partition coefficient (Wildman–Crippen LogP) is 6.38. The average molecular weight is 355 g/mol. The molecule has 24 heavy (non-hydrogen) atoms. The fourth-order valence-electron chi connectivity index (χ4n) is 3.13. The number of rotatable bonds is 1. The quantitative estimate of drug-likeness (QED) is 0.416. The topological polar surface area (TPSA) is 40.5 Å². The van der Waals surface area contributed by atoms with Gasteiger partial charge >= 0.3 is 0 Å². The monoisotopic (exact) mass is 354 g/mol. The molecule has 118 valence electrons. The smallest absolute Gasteiger partial charge is 0.144 e. The maximum absolute atomic E-state index is 10.7. The zero-order valence-electron chi connectivity index (χ0n) is 12.4. The minimum atomic E-state index is -0.132. The van der Waals surface area contributed by atoms with Crippen molar-refractivity contribution in [1.82, 2.24) is 0 Å². The fourth-order valence-corrected chi connectivity index (χ4v) is 3.58. The summed E-state index contributed by atoms with van der Waals surface area (Å²) < 4.78 is 0. The van der Waals surface area contributed by atoms with Crippen LogP contribution in [0, 0.1) is 0 Å². The summed E-state index contributed by atoms with van der Waals surface area (Å²) in [4.78, 5) is 0. The van der Waals surface area contributed by atoms with E-state index in [2.05, 4.69) is 0 Å². The van der Waals surface area contributed by atoms with Crippen molar-refractivity contribution in [3.8, 4) is 22.6 Å². The van der Waals surface area contributed by atoms with Gasteiger partial charge in [0.15, 0.2) is 0 Å². The summed E-state index contributed by atoms with van der Waals surface area (Å²) in [6.07, 6.45) is 0. The third kappa shape index (κ3) is 2.11. The molecular formula is C20H12Cl2O2. The van der Waals surface area contributed by atoms with E-state index in [0.29, 0.717) is 16.1 Å². The second kappa shape index (κ2) is 5.59. The molecular weight excluding hydrogens is 343 g/mol. The summed E-state index contributed by atoms with van der Waals surface area (Å²) in [6, 6.07) is 18.5. The number of hydrogen-bond acceptors (Lipinski definition) is 2. The number of hydrogen-bond donors (Lipinski definition) is 2. The molecule has 4 aromatic rings. The van der Waals surface area contributed by atoms with Crippen molar-refractivity contribution >= 4 is 44.7 Å². The molecule has 4 aromatic carbocycles. The van der Waals surface area contributed by atoms with Crippen LogP contribution in [-0.2, 0) is 0 Å². The van der Waals surface area contributed by atoms with Crippen LogP contribution >= 0.6 is 23.2 Å². The molecule has 2 nitrogen and oxygen atoms in total. The number of fused-ring (bicyclic) bond motifs is 2. The van der Waals surface area contributed by atoms with Gasteiger partial charge in [-0.2, -0.15) is 0 Å². The summed E-state index contributed by atoms with van der Waals surface area (Å²) >= 11 is 12.5. The Morgan fingerprint density at radius 1 is 0.583 bits per heavy atom. The first kappa shape index (κ1) is 15.1. The molecule has 0 saturated heterocycles. The highest BCUT2D eigenvalue weighted by Crippen LogP contribution is 2.50. The van der Waals surface area contributed by atoms with E-state index in [1.807, 2.05) is 54.6 Å². The predicted molar refractivity (Wildman–Crippen MR) is 100 cm³/mol. The van der Waals surface area contributed by atoms with E-state index in [-0.39, 0.29) is 16.5 Å². The Morgan fingerprint density at radius 2 is 1.21 bits per heavy atom. The first-order valence-electron chi connectivity index (χ1n) is 7.39. The molecule has 0 saturated carbocycles. The van der Waals surface area contributed by atoms with Gasteiger partial charge in [0.1, 0.15) is 16.5 Å². The Balaban J connectivity index is 2.26. The van der Waals surface area contributed by atoms with E-state index in [1.54, 1.807) is 6.07 Å². The second-order valence-corrected chi connectivity index (χ2v) is 6.33. The molecule has 2 N–H and O–H groups in total. The highest BCUT2D eigenvalue weighted by atomic mass is 35.5. The van der Waals surface area contributed by atoms with E-state index in [0.717, 1.165) is 21.5 Å². The van der Waals surface area contributed by atoms with Gasteiger partial charge in [0.05, 0.1) is 5.02 Å². The lowest BCUT2D eigenvalue weighted by Gasteiger charge is -2.16. The van der Waals surface area contributed by atoms with E-state index >= 15 is 0 Å². The largest absolute Gasteiger partial charge is 0.507 e. The molecule has 0 heterocycles. The average Bonchev–Trinajstić information content (AvgIpc) is 2.62. The fraction of sp³-hybridized carbons (Fsp3) is 0. The van der Waals surface area contributed by atoms with Crippen LogP contribution in [0.5, 0.6) is 11.5 Å². The Kier molecular flexibility index (Phi) is 3.52. The Hall–Kier alpha value is -2.42. The maximum atomic E-state index is 10.7. The lowest BCUT2D eigenvalue weighted by atomic mass is 9.92. The van der Waals surface area contributed by atoms with Crippen molar-refractivity contribution < 1.29 is 10.2 Å². The molecule has 4 heteroatoms. The molecule has 4 rings (SSSR count). The van der Waals surface area contributed by atoms with Crippen LogP contribution < -0.4 is 0 Å². The third-order valence-corrected chi connectivity index (χ3v) is 5.08. The summed E-state index contributed by atoms with van der Waals surface area (Å²) in [6.45, 7) is 0. The van der Waals surface area contributed by atoms with E-state index in [1.165, 1.54) is 0 Å². The van der Waals surface area contributed by atoms with Gasteiger partial charge in [0.2, 0.25) is 0 Å². The number of benzene rings is 4. The van der Waals surface area contributed by atoms with Gasteiger partial charge in [-0.25, -0.2) is 0 Å². The normalized spacial score (nSPS) is 11.2. The zero-order chi connectivity index (χ0) is 16.8. The molecule has 0 aromatic heterocycles. The first-order chi connectivity index (χ1) is 11.6. The number of halogens is 2. The standard InChI is InChI=1S/C20H12Cl2O2/c21-18-14-8-4-3-7-13(14)17(20(24)19(18)22)16-12-6-2-1-5-11(12)9-10-15(16)23/h1-10,23-24H. The van der Waals surface area contributed by atoms with Crippen molar-refractivity contribution in [2.45, 2.75) is 0 Å². The number of aromatic hydroxyl groups is 2. The molecule has 0 radical (unpaired) electrons. The van der Waals surface area contributed by atoms with Crippen LogP contribution in [0.1, 0.15) is 0 Å². The van der Waals surface area contributed by atoms with Crippen LogP contribution in [0.15, 0.2) is 60.7 Å². The zero-order valence-corrected chi connectivity index (χ0v) is 13.9. The van der Waals surface area contributed by atoms with E-state index < -0.39 is 0 Å². The summed E-state index contributed by atoms with van der Waals surface area (Å²) in [5.74, 6) is -0.0560. The van der Waals surface area contributed by atoms with Crippen molar-refractivity contribution in [3.05, 3.63) is 70.7 Å². The molecule has 0 bridgehead atoms. The van der Waals surface area contributed by atoms with Crippen LogP contribution in [0.2, 0.25) is 10.0 Å². The minimum absolute atomic E-state index is 0.0764. The Labute approximate surface area is 148 Å². The number of phenols is 2. The minimum Gasteiger partial charge on any atom is -0.507 e. The molecule has 0 aliphatic carbocycles. The lowest BCUT2D eigenvalue weighted by molar-refractivity contribution is 0.470. The van der Waals surface area contributed by atoms with Gasteiger partial charge in [0, 0.05) is 16.5 Å². The molecule has 0 amide bonds. The second-order valence-electron chi connectivity index (χ2n) is 5.58. The number of phenolic OH excluding ortho intramolecular Hbond substituents is 2. The lowest BCUT2D eigenvalue weighted by Crippen LogP contribution is -1.89. The molecule has 0 atom stereocenters. The van der Waals surface area contributed by atoms with Crippen molar-refractivity contribution in [3.63, 3.8) is 0 Å². The summed E-state index contributed by atoms with van der Waals surface area (Å²) in [5, 5.41) is 24.8. The van der Waals surface area contributed by atoms with Crippen LogP contribution in [0.25, 0.3) is 32.7 Å². The van der Waals surface area contributed by atoms with E-state index in [9.17, 15) is 10.2 Å². The SMILES string of the molecule is Oc1ccc2ccccc2c1-c1c(O)c(Cl)c(Cl)c2ccccc12. The first-order valence-corrected chi connectivity index (χ1v) is 8.15. The highest BCUT2D eigenvalue weighted by molar-refractivity contribution is 6.47. The van der Waals surface area contributed by atoms with Crippen molar-refractivity contribution in [2.75, 3.05) is 0 Å². The maximum Gasteiger partial charge on any atom is 0.144 e. The van der Waals surface area contributed by atoms with Gasteiger partial charge < -0.3 is 10.2 Å². The van der Waals surface area contributed by atoms with Crippen LogP contribution in [-0.4, -0.2) is 10.2 Å². The van der Waals surface area contributed by atoms with Crippen LogP contribution in [0.3, 0.4) is 0 Å². The molecule has 0 fully saturated rings.